The van der Waals surface area contributed by atoms with Gasteiger partial charge in [0, 0.05) is 6.54 Å². The van der Waals surface area contributed by atoms with E-state index in [4.69, 9.17) is 0 Å². The Bertz CT molecular complexity index is 1780. The molecule has 3 saturated heterocycles. The van der Waals surface area contributed by atoms with Crippen LogP contribution in [0, 0.1) is 11.8 Å². The molecule has 5 nitrogen and oxygen atoms in total. The lowest BCUT2D eigenvalue weighted by Gasteiger charge is -2.49. The minimum atomic E-state index is -0.950. The number of nitrogens with zero attached hydrogens (tertiary/aromatic N) is 2. The fourth-order valence-corrected chi connectivity index (χ4v) is 8.10. The number of rotatable bonds is 6. The largest absolute Gasteiger partial charge is 0.282 e. The minimum absolute atomic E-state index is 0.157. The molecule has 5 aromatic carbocycles. The van der Waals surface area contributed by atoms with E-state index in [1.165, 1.54) is 4.90 Å². The zero-order valence-electron chi connectivity index (χ0n) is 23.6. The second-order valence-corrected chi connectivity index (χ2v) is 11.7. The summed E-state index contributed by atoms with van der Waals surface area (Å²) in [5.41, 5.74) is 3.01. The zero-order valence-corrected chi connectivity index (χ0v) is 23.6. The third kappa shape index (κ3) is 3.59. The monoisotopic (exact) mass is 561 g/mol. The van der Waals surface area contributed by atoms with E-state index in [0.29, 0.717) is 12.2 Å². The molecule has 0 saturated carbocycles. The van der Waals surface area contributed by atoms with Gasteiger partial charge in [0.2, 0.25) is 11.8 Å². The van der Waals surface area contributed by atoms with E-state index in [2.05, 4.69) is 83.0 Å². The average Bonchev–Trinajstić information content (AvgIpc) is 3.66. The number of piperidine rings is 1. The number of amides is 2. The van der Waals surface area contributed by atoms with Gasteiger partial charge in [-0.3, -0.25) is 19.8 Å². The van der Waals surface area contributed by atoms with Crippen LogP contribution >= 0.6 is 0 Å². The summed E-state index contributed by atoms with van der Waals surface area (Å²) in [6, 6.07) is 50.5. The summed E-state index contributed by atoms with van der Waals surface area (Å²) >= 11 is 0. The lowest BCUT2D eigenvalue weighted by atomic mass is 9.65. The Kier molecular flexibility index (Phi) is 5.93. The molecule has 43 heavy (non-hydrogen) atoms. The molecule has 1 N–H and O–H groups in total. The summed E-state index contributed by atoms with van der Waals surface area (Å²) < 4.78 is 0. The number of hydrogen-bond acceptors (Lipinski definition) is 4. The summed E-state index contributed by atoms with van der Waals surface area (Å²) in [4.78, 5) is 33.6. The Balaban J connectivity index is 1.45. The minimum Gasteiger partial charge on any atom is -0.282 e. The number of carbonyl (C=O) groups excluding carboxylic acids is 2. The molecule has 5 heteroatoms. The molecule has 2 bridgehead atoms. The van der Waals surface area contributed by atoms with E-state index in [0.717, 1.165) is 22.3 Å². The lowest BCUT2D eigenvalue weighted by molar-refractivity contribution is -0.131. The van der Waals surface area contributed by atoms with Crippen LogP contribution in [-0.2, 0) is 27.3 Å². The van der Waals surface area contributed by atoms with Crippen molar-refractivity contribution in [3.8, 4) is 0 Å². The molecule has 3 aliphatic rings. The van der Waals surface area contributed by atoms with Gasteiger partial charge in [-0.2, -0.15) is 0 Å². The van der Waals surface area contributed by atoms with Crippen molar-refractivity contribution in [2.75, 3.05) is 4.90 Å². The van der Waals surface area contributed by atoms with Gasteiger partial charge in [-0.1, -0.05) is 140 Å². The van der Waals surface area contributed by atoms with Crippen LogP contribution in [0.15, 0.2) is 152 Å². The molecule has 3 aliphatic heterocycles. The van der Waals surface area contributed by atoms with Crippen molar-refractivity contribution in [2.45, 2.75) is 23.8 Å². The Morgan fingerprint density at radius 3 is 1.65 bits per heavy atom. The number of likely N-dealkylation sites (tertiary alicyclic amines) is 1. The van der Waals surface area contributed by atoms with Gasteiger partial charge in [0.1, 0.15) is 5.66 Å². The van der Waals surface area contributed by atoms with Crippen LogP contribution in [-0.4, -0.2) is 16.7 Å². The first-order chi connectivity index (χ1) is 21.2. The molecule has 5 atom stereocenters. The third-order valence-electron chi connectivity index (χ3n) is 9.63. The maximum atomic E-state index is 14.8. The van der Waals surface area contributed by atoms with Gasteiger partial charge < -0.3 is 0 Å². The third-order valence-corrected chi connectivity index (χ3v) is 9.63. The first-order valence-corrected chi connectivity index (χ1v) is 14.8. The molecule has 0 spiro atoms. The number of anilines is 1. The molecular formula is C38H31N3O2. The number of fused-ring (bicyclic) bond motifs is 5. The van der Waals surface area contributed by atoms with Crippen LogP contribution in [0.5, 0.6) is 0 Å². The summed E-state index contributed by atoms with van der Waals surface area (Å²) in [7, 11) is 0. The van der Waals surface area contributed by atoms with E-state index < -0.39 is 23.0 Å². The van der Waals surface area contributed by atoms with E-state index in [9.17, 15) is 9.59 Å². The number of imide groups is 1. The first-order valence-electron chi connectivity index (χ1n) is 14.8. The molecule has 8 rings (SSSR count). The maximum Gasteiger partial charge on any atom is 0.241 e. The van der Waals surface area contributed by atoms with Crippen molar-refractivity contribution in [3.05, 3.63) is 174 Å². The Hall–Kier alpha value is -4.84. The highest BCUT2D eigenvalue weighted by molar-refractivity contribution is 6.23. The van der Waals surface area contributed by atoms with Gasteiger partial charge in [0.15, 0.2) is 0 Å². The fourth-order valence-electron chi connectivity index (χ4n) is 8.10. The van der Waals surface area contributed by atoms with E-state index >= 15 is 0 Å². The normalized spacial score (nSPS) is 27.9. The highest BCUT2D eigenvalue weighted by Gasteiger charge is 2.80. The number of benzene rings is 5. The van der Waals surface area contributed by atoms with Crippen LogP contribution in [0.25, 0.3) is 0 Å². The topological polar surface area (TPSA) is 52.7 Å². The van der Waals surface area contributed by atoms with Crippen molar-refractivity contribution in [1.29, 1.82) is 0 Å². The van der Waals surface area contributed by atoms with Gasteiger partial charge in [-0.05, 0) is 34.4 Å². The van der Waals surface area contributed by atoms with Gasteiger partial charge >= 0.3 is 0 Å². The number of para-hydroxylation sites is 1. The number of nitrogens with one attached hydrogen (secondary N) is 1. The molecule has 210 valence electrons. The maximum absolute atomic E-state index is 14.8. The van der Waals surface area contributed by atoms with Crippen molar-refractivity contribution >= 4 is 17.5 Å². The van der Waals surface area contributed by atoms with Gasteiger partial charge in [0.05, 0.1) is 29.1 Å². The summed E-state index contributed by atoms with van der Waals surface area (Å²) in [6.07, 6.45) is 0. The smallest absolute Gasteiger partial charge is 0.241 e. The summed E-state index contributed by atoms with van der Waals surface area (Å²) in [5, 5.41) is 4.10. The summed E-state index contributed by atoms with van der Waals surface area (Å²) in [6.45, 7) is 0.590. The fraction of sp³-hybridized carbons (Fsp3) is 0.158. The zero-order chi connectivity index (χ0) is 29.0. The van der Waals surface area contributed by atoms with Crippen molar-refractivity contribution < 1.29 is 9.59 Å². The molecule has 5 aromatic rings. The molecule has 0 aliphatic carbocycles. The second-order valence-electron chi connectivity index (χ2n) is 11.7. The van der Waals surface area contributed by atoms with E-state index in [1.54, 1.807) is 0 Å². The van der Waals surface area contributed by atoms with E-state index in [1.807, 2.05) is 78.9 Å². The Morgan fingerprint density at radius 1 is 0.558 bits per heavy atom. The van der Waals surface area contributed by atoms with Crippen LogP contribution in [0.3, 0.4) is 0 Å². The van der Waals surface area contributed by atoms with Crippen molar-refractivity contribution in [1.82, 2.24) is 10.2 Å². The second kappa shape index (κ2) is 9.87. The van der Waals surface area contributed by atoms with Gasteiger partial charge in [-0.25, -0.2) is 4.90 Å². The molecular weight excluding hydrogens is 530 g/mol. The van der Waals surface area contributed by atoms with Gasteiger partial charge in [-0.15, -0.1) is 0 Å². The molecule has 3 heterocycles. The average molecular weight is 562 g/mol. The molecule has 0 aromatic heterocycles. The SMILES string of the molecule is O=C1[C@@H]2[C@H](C(=O)N1c1ccccc1)[C@]1(c3ccccc3)N[C@@]2(c2ccccc2)[C@@H](c2ccccc2)N1Cc1ccccc1. The molecule has 0 radical (unpaired) electrons. The number of carbonyl (C=O) groups is 2. The Labute approximate surface area is 251 Å². The number of hydrogen-bond donors (Lipinski definition) is 1. The highest BCUT2D eigenvalue weighted by Crippen LogP contribution is 2.69. The van der Waals surface area contributed by atoms with Crippen LogP contribution in [0.4, 0.5) is 5.69 Å². The molecule has 0 unspecified atom stereocenters. The van der Waals surface area contributed by atoms with Crippen LogP contribution in [0.1, 0.15) is 28.3 Å². The predicted molar refractivity (Wildman–Crippen MR) is 166 cm³/mol. The quantitative estimate of drug-likeness (QED) is 0.244. The Morgan fingerprint density at radius 2 is 1.05 bits per heavy atom. The molecule has 3 fully saturated rings. The molecule has 2 amide bonds. The van der Waals surface area contributed by atoms with Crippen molar-refractivity contribution in [2.24, 2.45) is 11.8 Å². The van der Waals surface area contributed by atoms with Crippen LogP contribution in [0.2, 0.25) is 0 Å². The van der Waals surface area contributed by atoms with Crippen LogP contribution < -0.4 is 10.2 Å². The standard InChI is InChI=1S/C38H31N3O2/c42-35-32-33(36(43)41(35)31-24-14-5-15-25-31)38(30-22-12-4-13-23-30)39-37(32,29-20-10-3-11-21-29)34(28-18-8-2-9-19-28)40(38)26-27-16-6-1-7-17-27/h1-25,32-34,39H,26H2/t32-,33+,34+,37+,38+/m0/s1. The predicted octanol–water partition coefficient (Wildman–Crippen LogP) is 6.40. The van der Waals surface area contributed by atoms with E-state index in [-0.39, 0.29) is 17.9 Å². The van der Waals surface area contributed by atoms with Gasteiger partial charge in [0.25, 0.3) is 0 Å². The summed E-state index contributed by atoms with van der Waals surface area (Å²) in [5.74, 6) is -1.60. The lowest BCUT2D eigenvalue weighted by Crippen LogP contribution is -2.56. The highest BCUT2D eigenvalue weighted by atomic mass is 16.2. The van der Waals surface area contributed by atoms with Crippen molar-refractivity contribution in [3.63, 3.8) is 0 Å². The first kappa shape index (κ1) is 25.8.